The molecular weight excluding hydrogens is 283 g/mol. The molecule has 9 heteroatoms. The van der Waals surface area contributed by atoms with Gasteiger partial charge in [-0.25, -0.2) is 0 Å². The van der Waals surface area contributed by atoms with Gasteiger partial charge >= 0.3 is 12.1 Å². The van der Waals surface area contributed by atoms with Crippen LogP contribution in [0.15, 0.2) is 18.2 Å². The minimum absolute atomic E-state index is 0.0107. The molecule has 0 aromatic heterocycles. The second-order valence-corrected chi connectivity index (χ2v) is 3.87. The second-order valence-electron chi connectivity index (χ2n) is 3.87. The molecule has 1 aromatic rings. The molecule has 1 aromatic carbocycles. The van der Waals surface area contributed by atoms with Crippen molar-refractivity contribution in [3.05, 3.63) is 23.8 Å². The van der Waals surface area contributed by atoms with E-state index in [1.807, 2.05) is 0 Å². The van der Waals surface area contributed by atoms with Crippen molar-refractivity contribution in [2.24, 2.45) is 0 Å². The molecule has 0 aliphatic carbocycles. The average Bonchev–Trinajstić information content (AvgIpc) is 2.28. The SMILES string of the molecule is O=C(O)CN(CC(F)(F)F)C(=O)c1cc(O)ccc1O. The molecule has 3 N–H and O–H groups in total. The number of rotatable bonds is 4. The van der Waals surface area contributed by atoms with Crippen LogP contribution in [0.5, 0.6) is 11.5 Å². The third-order valence-corrected chi connectivity index (χ3v) is 2.19. The molecule has 0 saturated heterocycles. The third-order valence-electron chi connectivity index (χ3n) is 2.19. The lowest BCUT2D eigenvalue weighted by atomic mass is 10.1. The molecule has 0 fully saturated rings. The molecule has 0 saturated carbocycles. The molecule has 0 radical (unpaired) electrons. The Morgan fingerprint density at radius 1 is 1.20 bits per heavy atom. The number of carboxylic acid groups (broad SMARTS) is 1. The van der Waals surface area contributed by atoms with Gasteiger partial charge in [-0.15, -0.1) is 0 Å². The Hall–Kier alpha value is -2.45. The Balaban J connectivity index is 3.09. The highest BCUT2D eigenvalue weighted by Crippen LogP contribution is 2.25. The Labute approximate surface area is 110 Å². The van der Waals surface area contributed by atoms with Crippen LogP contribution in [0.1, 0.15) is 10.4 Å². The first kappa shape index (κ1) is 15.6. The second kappa shape index (κ2) is 5.68. The number of aliphatic carboxylic acids is 1. The predicted octanol–water partition coefficient (Wildman–Crippen LogP) is 1.19. The number of phenols is 2. The van der Waals surface area contributed by atoms with Crippen LogP contribution >= 0.6 is 0 Å². The zero-order chi connectivity index (χ0) is 15.5. The fourth-order valence-electron chi connectivity index (χ4n) is 1.44. The quantitative estimate of drug-likeness (QED) is 0.724. The van der Waals surface area contributed by atoms with Gasteiger partial charge in [0.15, 0.2) is 0 Å². The van der Waals surface area contributed by atoms with E-state index in [1.54, 1.807) is 0 Å². The zero-order valence-corrected chi connectivity index (χ0v) is 9.89. The van der Waals surface area contributed by atoms with Crippen molar-refractivity contribution in [2.45, 2.75) is 6.18 Å². The van der Waals surface area contributed by atoms with Crippen LogP contribution in [-0.4, -0.2) is 51.4 Å². The van der Waals surface area contributed by atoms with Crippen LogP contribution < -0.4 is 0 Å². The molecule has 0 heterocycles. The molecule has 0 aliphatic heterocycles. The van der Waals surface area contributed by atoms with E-state index in [4.69, 9.17) is 10.2 Å². The average molecular weight is 293 g/mol. The molecule has 1 amide bonds. The fraction of sp³-hybridized carbons (Fsp3) is 0.273. The number of hydrogen-bond donors (Lipinski definition) is 3. The highest BCUT2D eigenvalue weighted by atomic mass is 19.4. The lowest BCUT2D eigenvalue weighted by Gasteiger charge is -2.22. The number of benzene rings is 1. The van der Waals surface area contributed by atoms with Gasteiger partial charge in [-0.1, -0.05) is 0 Å². The molecule has 1 rings (SSSR count). The number of phenolic OH excluding ortho intramolecular Hbond substituents is 2. The van der Waals surface area contributed by atoms with Gasteiger partial charge in [0.05, 0.1) is 5.56 Å². The van der Waals surface area contributed by atoms with Gasteiger partial charge in [0, 0.05) is 0 Å². The number of alkyl halides is 3. The van der Waals surface area contributed by atoms with Crippen molar-refractivity contribution in [2.75, 3.05) is 13.1 Å². The molecule has 6 nitrogen and oxygen atoms in total. The van der Waals surface area contributed by atoms with E-state index >= 15 is 0 Å². The standard InChI is InChI=1S/C11H10F3NO5/c12-11(13,14)5-15(4-9(18)19)10(20)7-3-6(16)1-2-8(7)17/h1-3,16-17H,4-5H2,(H,18,19). The van der Waals surface area contributed by atoms with Gasteiger partial charge in [-0.2, -0.15) is 13.2 Å². The van der Waals surface area contributed by atoms with Crippen molar-refractivity contribution >= 4 is 11.9 Å². The predicted molar refractivity (Wildman–Crippen MR) is 59.4 cm³/mol. The molecule has 0 bridgehead atoms. The van der Waals surface area contributed by atoms with E-state index in [0.717, 1.165) is 18.2 Å². The van der Waals surface area contributed by atoms with Crippen molar-refractivity contribution in [1.29, 1.82) is 0 Å². The van der Waals surface area contributed by atoms with Gasteiger partial charge in [-0.3, -0.25) is 9.59 Å². The van der Waals surface area contributed by atoms with Crippen LogP contribution in [0.25, 0.3) is 0 Å². The van der Waals surface area contributed by atoms with Crippen molar-refractivity contribution in [1.82, 2.24) is 4.90 Å². The number of carboxylic acids is 1. The molecule has 20 heavy (non-hydrogen) atoms. The van der Waals surface area contributed by atoms with Crippen LogP contribution in [0.3, 0.4) is 0 Å². The maximum absolute atomic E-state index is 12.3. The highest BCUT2D eigenvalue weighted by molar-refractivity contribution is 5.98. The number of halogens is 3. The van der Waals surface area contributed by atoms with Crippen molar-refractivity contribution < 1.29 is 38.1 Å². The van der Waals surface area contributed by atoms with Gasteiger partial charge in [0.2, 0.25) is 0 Å². The summed E-state index contributed by atoms with van der Waals surface area (Å²) in [7, 11) is 0. The summed E-state index contributed by atoms with van der Waals surface area (Å²) < 4.78 is 36.9. The topological polar surface area (TPSA) is 98.1 Å². The number of carbonyl (C=O) groups excluding carboxylic acids is 1. The summed E-state index contributed by atoms with van der Waals surface area (Å²) in [6, 6.07) is 2.69. The molecule has 0 spiro atoms. The van der Waals surface area contributed by atoms with Crippen molar-refractivity contribution in [3.63, 3.8) is 0 Å². The maximum atomic E-state index is 12.3. The number of amides is 1. The summed E-state index contributed by atoms with van der Waals surface area (Å²) in [4.78, 5) is 22.3. The summed E-state index contributed by atoms with van der Waals surface area (Å²) in [6.45, 7) is -2.97. The van der Waals surface area contributed by atoms with E-state index < -0.39 is 48.2 Å². The minimum atomic E-state index is -4.79. The molecule has 110 valence electrons. The summed E-state index contributed by atoms with van der Waals surface area (Å²) >= 11 is 0. The van der Waals surface area contributed by atoms with Gasteiger partial charge in [-0.05, 0) is 18.2 Å². The number of nitrogens with zero attached hydrogens (tertiary/aromatic N) is 1. The lowest BCUT2D eigenvalue weighted by Crippen LogP contribution is -2.42. The van der Waals surface area contributed by atoms with Crippen molar-refractivity contribution in [3.8, 4) is 11.5 Å². The van der Waals surface area contributed by atoms with Crippen LogP contribution in [0.4, 0.5) is 13.2 Å². The van der Waals surface area contributed by atoms with E-state index in [0.29, 0.717) is 0 Å². The Morgan fingerprint density at radius 3 is 2.30 bits per heavy atom. The van der Waals surface area contributed by atoms with E-state index in [9.17, 15) is 27.9 Å². The Bertz CT molecular complexity index is 529. The Kier molecular flexibility index (Phi) is 4.43. The highest BCUT2D eigenvalue weighted by Gasteiger charge is 2.35. The van der Waals surface area contributed by atoms with E-state index in [1.165, 1.54) is 0 Å². The largest absolute Gasteiger partial charge is 0.508 e. The zero-order valence-electron chi connectivity index (χ0n) is 9.89. The van der Waals surface area contributed by atoms with Gasteiger partial charge in [0.25, 0.3) is 5.91 Å². The smallest absolute Gasteiger partial charge is 0.406 e. The summed E-state index contributed by atoms with van der Waals surface area (Å²) in [6.07, 6.45) is -4.79. The maximum Gasteiger partial charge on any atom is 0.406 e. The van der Waals surface area contributed by atoms with Crippen LogP contribution in [-0.2, 0) is 4.79 Å². The first-order valence-electron chi connectivity index (χ1n) is 5.20. The van der Waals surface area contributed by atoms with Crippen LogP contribution in [0, 0.1) is 0 Å². The fourth-order valence-corrected chi connectivity index (χ4v) is 1.44. The normalized spacial score (nSPS) is 11.2. The number of carbonyl (C=O) groups is 2. The minimum Gasteiger partial charge on any atom is -0.508 e. The summed E-state index contributed by atoms with van der Waals surface area (Å²) in [5.41, 5.74) is -0.615. The van der Waals surface area contributed by atoms with Crippen LogP contribution in [0.2, 0.25) is 0 Å². The molecule has 0 unspecified atom stereocenters. The Morgan fingerprint density at radius 2 is 1.80 bits per heavy atom. The number of hydrogen-bond acceptors (Lipinski definition) is 4. The first-order chi connectivity index (χ1) is 9.10. The lowest BCUT2D eigenvalue weighted by molar-refractivity contribution is -0.149. The van der Waals surface area contributed by atoms with Gasteiger partial charge < -0.3 is 20.2 Å². The van der Waals surface area contributed by atoms with E-state index in [2.05, 4.69) is 0 Å². The molecule has 0 atom stereocenters. The molecular formula is C11H10F3NO5. The monoisotopic (exact) mass is 293 g/mol. The third kappa shape index (κ3) is 4.34. The summed E-state index contributed by atoms with van der Waals surface area (Å²) in [5.74, 6) is -4.10. The van der Waals surface area contributed by atoms with E-state index in [-0.39, 0.29) is 4.90 Å². The summed E-state index contributed by atoms with van der Waals surface area (Å²) in [5, 5.41) is 27.1. The molecule has 0 aliphatic rings. The first-order valence-corrected chi connectivity index (χ1v) is 5.20. The van der Waals surface area contributed by atoms with Gasteiger partial charge in [0.1, 0.15) is 24.6 Å². The number of aromatic hydroxyl groups is 2.